The Kier molecular flexibility index (Phi) is 4.46. The van der Waals surface area contributed by atoms with Gasteiger partial charge < -0.3 is 4.74 Å². The SMILES string of the molecule is O=C1CCCS(=O)(=O)N1CCOc1ccccc1Br. The number of hydrogen-bond acceptors (Lipinski definition) is 4. The molecule has 1 fully saturated rings. The average molecular weight is 348 g/mol. The van der Waals surface area contributed by atoms with E-state index < -0.39 is 10.0 Å². The van der Waals surface area contributed by atoms with Crippen molar-refractivity contribution in [2.45, 2.75) is 12.8 Å². The maximum atomic E-state index is 11.7. The van der Waals surface area contributed by atoms with Crippen LogP contribution in [0.4, 0.5) is 0 Å². The first-order chi connectivity index (χ1) is 9.00. The molecule has 104 valence electrons. The lowest BCUT2D eigenvalue weighted by Gasteiger charge is -2.26. The van der Waals surface area contributed by atoms with E-state index in [0.717, 1.165) is 8.78 Å². The van der Waals surface area contributed by atoms with Gasteiger partial charge in [-0.3, -0.25) is 4.79 Å². The summed E-state index contributed by atoms with van der Waals surface area (Å²) in [7, 11) is -3.45. The maximum Gasteiger partial charge on any atom is 0.237 e. The molecular weight excluding hydrogens is 334 g/mol. The van der Waals surface area contributed by atoms with E-state index in [9.17, 15) is 13.2 Å². The topological polar surface area (TPSA) is 63.7 Å². The molecular formula is C12H14BrNO4S. The van der Waals surface area contributed by atoms with Gasteiger partial charge in [-0.25, -0.2) is 12.7 Å². The van der Waals surface area contributed by atoms with Crippen molar-refractivity contribution < 1.29 is 17.9 Å². The number of carbonyl (C=O) groups is 1. The molecule has 1 aliphatic heterocycles. The Balaban J connectivity index is 1.95. The molecule has 0 bridgehead atoms. The third kappa shape index (κ3) is 3.48. The molecule has 0 unspecified atom stereocenters. The third-order valence-electron chi connectivity index (χ3n) is 2.80. The molecule has 0 saturated carbocycles. The van der Waals surface area contributed by atoms with Crippen LogP contribution in [-0.4, -0.2) is 37.5 Å². The fourth-order valence-electron chi connectivity index (χ4n) is 1.86. The largest absolute Gasteiger partial charge is 0.491 e. The van der Waals surface area contributed by atoms with Gasteiger partial charge in [0.25, 0.3) is 0 Å². The molecule has 0 aromatic heterocycles. The van der Waals surface area contributed by atoms with Crippen LogP contribution in [0.15, 0.2) is 28.7 Å². The number of nitrogens with zero attached hydrogens (tertiary/aromatic N) is 1. The van der Waals surface area contributed by atoms with E-state index in [1.807, 2.05) is 18.2 Å². The van der Waals surface area contributed by atoms with Crippen molar-refractivity contribution in [2.24, 2.45) is 0 Å². The summed E-state index contributed by atoms with van der Waals surface area (Å²) >= 11 is 3.33. The van der Waals surface area contributed by atoms with Gasteiger partial charge in [0, 0.05) is 6.42 Å². The van der Waals surface area contributed by atoms with E-state index >= 15 is 0 Å². The summed E-state index contributed by atoms with van der Waals surface area (Å²) in [6.07, 6.45) is 0.691. The van der Waals surface area contributed by atoms with Crippen molar-refractivity contribution >= 4 is 31.9 Å². The smallest absolute Gasteiger partial charge is 0.237 e. The normalized spacial score (nSPS) is 18.4. The van der Waals surface area contributed by atoms with Gasteiger partial charge >= 0.3 is 0 Å². The molecule has 7 heteroatoms. The predicted octanol–water partition coefficient (Wildman–Crippen LogP) is 1.78. The number of ether oxygens (including phenoxy) is 1. The van der Waals surface area contributed by atoms with E-state index in [4.69, 9.17) is 4.74 Å². The summed E-state index contributed by atoms with van der Waals surface area (Å²) in [5.74, 6) is 0.319. The molecule has 1 aromatic carbocycles. The lowest BCUT2D eigenvalue weighted by atomic mass is 10.3. The van der Waals surface area contributed by atoms with Gasteiger partial charge in [0.2, 0.25) is 15.9 Å². The Bertz CT molecular complexity index is 573. The average Bonchev–Trinajstić information content (AvgIpc) is 2.34. The molecule has 0 N–H and O–H groups in total. The molecule has 1 saturated heterocycles. The fourth-order valence-corrected chi connectivity index (χ4v) is 3.74. The lowest BCUT2D eigenvalue weighted by Crippen LogP contribution is -2.44. The second-order valence-electron chi connectivity index (χ2n) is 4.16. The minimum Gasteiger partial charge on any atom is -0.491 e. The monoisotopic (exact) mass is 347 g/mol. The number of amides is 1. The number of benzene rings is 1. The summed E-state index contributed by atoms with van der Waals surface area (Å²) in [5.41, 5.74) is 0. The Morgan fingerprint density at radius 1 is 1.32 bits per heavy atom. The minimum absolute atomic E-state index is 0.0355. The number of halogens is 1. The number of para-hydroxylation sites is 1. The second kappa shape index (κ2) is 5.92. The standard InChI is InChI=1S/C12H14BrNO4S/c13-10-4-1-2-5-11(10)18-8-7-14-12(15)6-3-9-19(14,16)17/h1-2,4-5H,3,6-9H2. The minimum atomic E-state index is -3.45. The molecule has 19 heavy (non-hydrogen) atoms. The molecule has 0 radical (unpaired) electrons. The van der Waals surface area contributed by atoms with Crippen molar-refractivity contribution in [1.29, 1.82) is 0 Å². The highest BCUT2D eigenvalue weighted by Gasteiger charge is 2.31. The molecule has 0 atom stereocenters. The van der Waals surface area contributed by atoms with Gasteiger partial charge in [-0.15, -0.1) is 0 Å². The highest BCUT2D eigenvalue weighted by Crippen LogP contribution is 2.24. The van der Waals surface area contributed by atoms with Crippen molar-refractivity contribution in [3.63, 3.8) is 0 Å². The zero-order valence-electron chi connectivity index (χ0n) is 10.2. The van der Waals surface area contributed by atoms with E-state index in [2.05, 4.69) is 15.9 Å². The predicted molar refractivity (Wildman–Crippen MR) is 74.4 cm³/mol. The van der Waals surface area contributed by atoms with Crippen LogP contribution in [0.2, 0.25) is 0 Å². The zero-order valence-corrected chi connectivity index (χ0v) is 12.6. The molecule has 5 nitrogen and oxygen atoms in total. The molecule has 0 aliphatic carbocycles. The Labute approximate surface area is 120 Å². The number of rotatable bonds is 4. The first kappa shape index (κ1) is 14.3. The van der Waals surface area contributed by atoms with Crippen LogP contribution >= 0.6 is 15.9 Å². The summed E-state index contributed by atoms with van der Waals surface area (Å²) in [4.78, 5) is 11.6. The highest BCUT2D eigenvalue weighted by atomic mass is 79.9. The van der Waals surface area contributed by atoms with Crippen LogP contribution in [0.5, 0.6) is 5.75 Å². The fraction of sp³-hybridized carbons (Fsp3) is 0.417. The van der Waals surface area contributed by atoms with Gasteiger partial charge in [-0.1, -0.05) is 12.1 Å². The third-order valence-corrected chi connectivity index (χ3v) is 5.31. The molecule has 0 spiro atoms. The Morgan fingerprint density at radius 2 is 2.05 bits per heavy atom. The van der Waals surface area contributed by atoms with Crippen LogP contribution in [0.3, 0.4) is 0 Å². The highest BCUT2D eigenvalue weighted by molar-refractivity contribution is 9.10. The number of carbonyl (C=O) groups excluding carboxylic acids is 1. The molecule has 1 aromatic rings. The van der Waals surface area contributed by atoms with Crippen LogP contribution in [0.1, 0.15) is 12.8 Å². The molecule has 1 amide bonds. The molecule has 2 rings (SSSR count). The van der Waals surface area contributed by atoms with E-state index in [-0.39, 0.29) is 31.2 Å². The van der Waals surface area contributed by atoms with Crippen LogP contribution < -0.4 is 4.74 Å². The van der Waals surface area contributed by atoms with Crippen LogP contribution in [0, 0.1) is 0 Å². The Hall–Kier alpha value is -1.08. The maximum absolute atomic E-state index is 11.7. The van der Waals surface area contributed by atoms with Crippen LogP contribution in [-0.2, 0) is 14.8 Å². The lowest BCUT2D eigenvalue weighted by molar-refractivity contribution is -0.127. The summed E-state index contributed by atoms with van der Waals surface area (Å²) in [5, 5.41) is 0. The van der Waals surface area contributed by atoms with Crippen molar-refractivity contribution in [1.82, 2.24) is 4.31 Å². The van der Waals surface area contributed by atoms with Gasteiger partial charge in [0.05, 0.1) is 16.8 Å². The summed E-state index contributed by atoms with van der Waals surface area (Å²) in [6.45, 7) is 0.204. The van der Waals surface area contributed by atoms with Crippen molar-refractivity contribution in [3.8, 4) is 5.75 Å². The summed E-state index contributed by atoms with van der Waals surface area (Å²) in [6, 6.07) is 7.28. The van der Waals surface area contributed by atoms with Crippen LogP contribution in [0.25, 0.3) is 0 Å². The Morgan fingerprint density at radius 3 is 2.74 bits per heavy atom. The first-order valence-electron chi connectivity index (χ1n) is 5.91. The zero-order chi connectivity index (χ0) is 13.9. The number of hydrogen-bond donors (Lipinski definition) is 0. The van der Waals surface area contributed by atoms with Crippen molar-refractivity contribution in [2.75, 3.05) is 18.9 Å². The first-order valence-corrected chi connectivity index (χ1v) is 8.31. The van der Waals surface area contributed by atoms with E-state index in [1.54, 1.807) is 6.07 Å². The quantitative estimate of drug-likeness (QED) is 0.832. The number of sulfonamides is 1. The summed E-state index contributed by atoms with van der Waals surface area (Å²) < 4.78 is 30.7. The second-order valence-corrected chi connectivity index (χ2v) is 7.03. The van der Waals surface area contributed by atoms with E-state index in [0.29, 0.717) is 12.2 Å². The van der Waals surface area contributed by atoms with E-state index in [1.165, 1.54) is 0 Å². The molecule has 1 aliphatic rings. The van der Waals surface area contributed by atoms with Gasteiger partial charge in [0.1, 0.15) is 12.4 Å². The van der Waals surface area contributed by atoms with Gasteiger partial charge in [0.15, 0.2) is 0 Å². The molecule has 1 heterocycles. The van der Waals surface area contributed by atoms with Crippen molar-refractivity contribution in [3.05, 3.63) is 28.7 Å². The van der Waals surface area contributed by atoms with Gasteiger partial charge in [-0.2, -0.15) is 0 Å². The van der Waals surface area contributed by atoms with Gasteiger partial charge in [-0.05, 0) is 34.5 Å².